The van der Waals surface area contributed by atoms with Crippen LogP contribution in [0.1, 0.15) is 30.1 Å². The highest BCUT2D eigenvalue weighted by Gasteiger charge is 2.33. The zero-order chi connectivity index (χ0) is 12.5. The van der Waals surface area contributed by atoms with Crippen molar-refractivity contribution in [1.29, 1.82) is 0 Å². The molecule has 1 saturated heterocycles. The molecule has 1 aliphatic rings. The van der Waals surface area contributed by atoms with Gasteiger partial charge in [0.1, 0.15) is 0 Å². The van der Waals surface area contributed by atoms with Crippen LogP contribution in [-0.2, 0) is 14.6 Å². The topological polar surface area (TPSA) is 108 Å². The van der Waals surface area contributed by atoms with Gasteiger partial charge in [0.25, 0.3) is 0 Å². The lowest BCUT2D eigenvalue weighted by atomic mass is 10.1. The summed E-state index contributed by atoms with van der Waals surface area (Å²) in [4.78, 5) is 4.13. The first-order valence-corrected chi connectivity index (χ1v) is 7.12. The maximum absolute atomic E-state index is 11.3. The summed E-state index contributed by atoms with van der Waals surface area (Å²) in [6, 6.07) is -0.449. The Morgan fingerprint density at radius 1 is 1.65 bits per heavy atom. The number of rotatable bonds is 4. The third kappa shape index (κ3) is 2.82. The summed E-state index contributed by atoms with van der Waals surface area (Å²) in [5.41, 5.74) is 5.74. The highest BCUT2D eigenvalue weighted by molar-refractivity contribution is 7.91. The van der Waals surface area contributed by atoms with Gasteiger partial charge in [-0.15, -0.1) is 0 Å². The van der Waals surface area contributed by atoms with Gasteiger partial charge in [-0.3, -0.25) is 0 Å². The summed E-state index contributed by atoms with van der Waals surface area (Å²) in [6.07, 6.45) is 0.531. The Bertz CT molecular complexity index is 484. The molecule has 0 amide bonds. The summed E-state index contributed by atoms with van der Waals surface area (Å²) >= 11 is 0. The van der Waals surface area contributed by atoms with Crippen molar-refractivity contribution in [3.8, 4) is 0 Å². The molecule has 0 spiro atoms. The van der Waals surface area contributed by atoms with Gasteiger partial charge in [-0.25, -0.2) is 8.42 Å². The van der Waals surface area contributed by atoms with Crippen LogP contribution in [0.15, 0.2) is 4.52 Å². The molecular weight excluding hydrogens is 246 g/mol. The Morgan fingerprint density at radius 2 is 2.41 bits per heavy atom. The Kier molecular flexibility index (Phi) is 3.45. The first kappa shape index (κ1) is 12.5. The van der Waals surface area contributed by atoms with E-state index in [1.54, 1.807) is 0 Å². The summed E-state index contributed by atoms with van der Waals surface area (Å²) in [5, 5.41) is 3.74. The smallest absolute Gasteiger partial charge is 0.230 e. The van der Waals surface area contributed by atoms with Crippen LogP contribution >= 0.6 is 0 Å². The molecule has 1 aromatic heterocycles. The van der Waals surface area contributed by atoms with Gasteiger partial charge in [0.15, 0.2) is 15.7 Å². The third-order valence-electron chi connectivity index (χ3n) is 2.72. The van der Waals surface area contributed by atoms with Gasteiger partial charge in [-0.2, -0.15) is 4.98 Å². The molecule has 0 radical (unpaired) electrons. The van der Waals surface area contributed by atoms with Gasteiger partial charge in [0.2, 0.25) is 5.89 Å². The van der Waals surface area contributed by atoms with Gasteiger partial charge >= 0.3 is 0 Å². The number of hydrogen-bond donors (Lipinski definition) is 1. The average Bonchev–Trinajstić information content (AvgIpc) is 2.84. The quantitative estimate of drug-likeness (QED) is 0.786. The number of ether oxygens (including phenoxy) is 1. The van der Waals surface area contributed by atoms with Crippen LogP contribution in [0, 0.1) is 0 Å². The van der Waals surface area contributed by atoms with E-state index < -0.39 is 15.9 Å². The van der Waals surface area contributed by atoms with E-state index in [4.69, 9.17) is 15.0 Å². The average molecular weight is 261 g/mol. The van der Waals surface area contributed by atoms with Crippen LogP contribution in [0.25, 0.3) is 0 Å². The number of nitrogens with two attached hydrogens (primary N) is 1. The molecule has 2 unspecified atom stereocenters. The van der Waals surface area contributed by atoms with Gasteiger partial charge < -0.3 is 15.0 Å². The molecule has 1 fully saturated rings. The minimum atomic E-state index is -2.95. The van der Waals surface area contributed by atoms with Gasteiger partial charge in [-0.1, -0.05) is 5.16 Å². The van der Waals surface area contributed by atoms with Gasteiger partial charge in [0, 0.05) is 7.11 Å². The minimum absolute atomic E-state index is 0.0775. The van der Waals surface area contributed by atoms with E-state index in [0.717, 1.165) is 0 Å². The summed E-state index contributed by atoms with van der Waals surface area (Å²) < 4.78 is 32.6. The van der Waals surface area contributed by atoms with E-state index in [1.807, 2.05) is 0 Å². The zero-order valence-corrected chi connectivity index (χ0v) is 10.3. The summed E-state index contributed by atoms with van der Waals surface area (Å²) in [7, 11) is -1.42. The number of sulfone groups is 1. The van der Waals surface area contributed by atoms with Crippen LogP contribution in [0.5, 0.6) is 0 Å². The van der Waals surface area contributed by atoms with Crippen LogP contribution in [0.4, 0.5) is 0 Å². The van der Waals surface area contributed by atoms with Crippen LogP contribution in [0.3, 0.4) is 0 Å². The Labute approximate surface area is 99.2 Å². The fourth-order valence-electron chi connectivity index (χ4n) is 1.81. The highest BCUT2D eigenvalue weighted by atomic mass is 32.2. The van der Waals surface area contributed by atoms with Gasteiger partial charge in [-0.05, 0) is 6.42 Å². The van der Waals surface area contributed by atoms with Crippen molar-refractivity contribution in [1.82, 2.24) is 10.1 Å². The molecule has 2 N–H and O–H groups in total. The molecule has 0 aliphatic carbocycles. The lowest BCUT2D eigenvalue weighted by Gasteiger charge is -2.03. The molecule has 0 saturated carbocycles. The molecule has 2 rings (SSSR count). The molecule has 2 atom stereocenters. The van der Waals surface area contributed by atoms with Crippen molar-refractivity contribution >= 4 is 9.84 Å². The molecule has 0 aromatic carbocycles. The Morgan fingerprint density at radius 3 is 3.00 bits per heavy atom. The molecule has 1 aromatic rings. The van der Waals surface area contributed by atoms with Crippen molar-refractivity contribution < 1.29 is 17.7 Å². The molecule has 96 valence electrons. The van der Waals surface area contributed by atoms with Crippen LogP contribution in [-0.4, -0.2) is 43.8 Å². The molecule has 1 aliphatic heterocycles. The minimum Gasteiger partial charge on any atom is -0.383 e. The maximum atomic E-state index is 11.3. The number of hydrogen-bond acceptors (Lipinski definition) is 7. The molecule has 2 heterocycles. The fraction of sp³-hybridized carbons (Fsp3) is 0.778. The predicted octanol–water partition coefficient (Wildman–Crippen LogP) is -0.382. The summed E-state index contributed by atoms with van der Waals surface area (Å²) in [5.74, 6) is 0.767. The zero-order valence-electron chi connectivity index (χ0n) is 9.50. The van der Waals surface area contributed by atoms with Crippen molar-refractivity contribution in [3.63, 3.8) is 0 Å². The molecule has 0 bridgehead atoms. The molecule has 17 heavy (non-hydrogen) atoms. The largest absolute Gasteiger partial charge is 0.383 e. The van der Waals surface area contributed by atoms with Crippen LogP contribution in [0.2, 0.25) is 0 Å². The second-order valence-corrected chi connectivity index (χ2v) is 6.38. The maximum Gasteiger partial charge on any atom is 0.230 e. The Balaban J connectivity index is 2.09. The SMILES string of the molecule is COCC(N)c1noc(C2CCS(=O)(=O)C2)n1. The van der Waals surface area contributed by atoms with Crippen molar-refractivity contribution in [2.24, 2.45) is 5.73 Å². The second-order valence-electron chi connectivity index (χ2n) is 4.15. The summed E-state index contributed by atoms with van der Waals surface area (Å²) in [6.45, 7) is 0.294. The van der Waals surface area contributed by atoms with Crippen molar-refractivity contribution in [2.75, 3.05) is 25.2 Å². The standard InChI is InChI=1S/C9H15N3O4S/c1-15-4-7(10)8-11-9(16-12-8)6-2-3-17(13,14)5-6/h6-7H,2-5,10H2,1H3. The fourth-order valence-corrected chi connectivity index (χ4v) is 3.54. The third-order valence-corrected chi connectivity index (χ3v) is 4.48. The second kappa shape index (κ2) is 4.71. The van der Waals surface area contributed by atoms with E-state index >= 15 is 0 Å². The molecular formula is C9H15N3O4S. The number of nitrogens with zero attached hydrogens (tertiary/aromatic N) is 2. The predicted molar refractivity (Wildman–Crippen MR) is 59.1 cm³/mol. The highest BCUT2D eigenvalue weighted by Crippen LogP contribution is 2.27. The van der Waals surface area contributed by atoms with Gasteiger partial charge in [0.05, 0.1) is 30.1 Å². The lowest BCUT2D eigenvalue weighted by molar-refractivity contribution is 0.177. The lowest BCUT2D eigenvalue weighted by Crippen LogP contribution is -2.17. The molecule has 8 heteroatoms. The monoisotopic (exact) mass is 261 g/mol. The first-order valence-electron chi connectivity index (χ1n) is 5.30. The first-order chi connectivity index (χ1) is 8.02. The van der Waals surface area contributed by atoms with E-state index in [0.29, 0.717) is 24.7 Å². The van der Waals surface area contributed by atoms with E-state index in [2.05, 4.69) is 10.1 Å². The van der Waals surface area contributed by atoms with Crippen molar-refractivity contribution in [3.05, 3.63) is 11.7 Å². The van der Waals surface area contributed by atoms with Crippen LogP contribution < -0.4 is 5.73 Å². The van der Waals surface area contributed by atoms with E-state index in [-0.39, 0.29) is 17.4 Å². The number of aromatic nitrogens is 2. The van der Waals surface area contributed by atoms with Crippen molar-refractivity contribution in [2.45, 2.75) is 18.4 Å². The van der Waals surface area contributed by atoms with E-state index in [1.165, 1.54) is 7.11 Å². The Hall–Kier alpha value is -0.990. The van der Waals surface area contributed by atoms with E-state index in [9.17, 15) is 8.42 Å². The molecule has 7 nitrogen and oxygen atoms in total. The number of methoxy groups -OCH3 is 1. The normalized spacial score (nSPS) is 24.9.